The van der Waals surface area contributed by atoms with Crippen molar-refractivity contribution < 1.29 is 14.6 Å². The van der Waals surface area contributed by atoms with Crippen molar-refractivity contribution >= 4 is 17.7 Å². The molecule has 2 N–H and O–H groups in total. The van der Waals surface area contributed by atoms with Crippen molar-refractivity contribution in [2.45, 2.75) is 37.9 Å². The van der Waals surface area contributed by atoms with Gasteiger partial charge in [-0.25, -0.2) is 4.98 Å². The molecule has 0 radical (unpaired) electrons. The second-order valence-electron chi connectivity index (χ2n) is 6.76. The predicted molar refractivity (Wildman–Crippen MR) is 92.3 cm³/mol. The molecule has 1 aliphatic rings. The zero-order chi connectivity index (χ0) is 17.7. The van der Waals surface area contributed by atoms with Crippen LogP contribution in [-0.4, -0.2) is 52.7 Å². The van der Waals surface area contributed by atoms with Gasteiger partial charge >= 0.3 is 0 Å². The standard InChI is InChI=1S/C16H25N3O4S/c1-16(2,3)12-8-13(21)19-9-11(10-24-15(19)18-12)14(22)17-4-6-23-7-5-20/h8,11,20H,4-7,9-10H2,1-3H3,(H,17,22). The van der Waals surface area contributed by atoms with Crippen LogP contribution < -0.4 is 10.9 Å². The fraction of sp³-hybridized carbons (Fsp3) is 0.688. The number of carbonyl (C=O) groups excluding carboxylic acids is 1. The summed E-state index contributed by atoms with van der Waals surface area (Å²) in [5, 5.41) is 12.1. The maximum Gasteiger partial charge on any atom is 0.254 e. The summed E-state index contributed by atoms with van der Waals surface area (Å²) in [4.78, 5) is 29.2. The Morgan fingerprint density at radius 3 is 2.92 bits per heavy atom. The molecular weight excluding hydrogens is 330 g/mol. The van der Waals surface area contributed by atoms with E-state index in [2.05, 4.69) is 10.3 Å². The molecule has 2 heterocycles. The Morgan fingerprint density at radius 2 is 2.25 bits per heavy atom. The molecular formula is C16H25N3O4S. The molecule has 0 spiro atoms. The van der Waals surface area contributed by atoms with Gasteiger partial charge in [-0.15, -0.1) is 0 Å². The number of aliphatic hydroxyl groups is 1. The Kier molecular flexibility index (Phi) is 6.42. The largest absolute Gasteiger partial charge is 0.394 e. The van der Waals surface area contributed by atoms with Crippen molar-refractivity contribution in [1.82, 2.24) is 14.9 Å². The SMILES string of the molecule is CC(C)(C)c1cc(=O)n2c(n1)SCC(C(=O)NCCOCCO)C2. The van der Waals surface area contributed by atoms with Gasteiger partial charge in [0.05, 0.1) is 31.4 Å². The lowest BCUT2D eigenvalue weighted by Crippen LogP contribution is -2.41. The third kappa shape index (κ3) is 4.81. The summed E-state index contributed by atoms with van der Waals surface area (Å²) in [6, 6.07) is 1.56. The number of thioether (sulfide) groups is 1. The van der Waals surface area contributed by atoms with Gasteiger partial charge in [0.25, 0.3) is 5.56 Å². The lowest BCUT2D eigenvalue weighted by molar-refractivity contribution is -0.125. The van der Waals surface area contributed by atoms with E-state index in [9.17, 15) is 9.59 Å². The smallest absolute Gasteiger partial charge is 0.254 e. The van der Waals surface area contributed by atoms with Gasteiger partial charge in [0, 0.05) is 30.3 Å². The van der Waals surface area contributed by atoms with Gasteiger partial charge < -0.3 is 15.2 Å². The maximum absolute atomic E-state index is 12.4. The van der Waals surface area contributed by atoms with E-state index in [1.807, 2.05) is 20.8 Å². The van der Waals surface area contributed by atoms with Gasteiger partial charge in [-0.3, -0.25) is 14.2 Å². The van der Waals surface area contributed by atoms with Crippen LogP contribution in [0.25, 0.3) is 0 Å². The van der Waals surface area contributed by atoms with Gasteiger partial charge in [-0.05, 0) is 0 Å². The Bertz CT molecular complexity index is 639. The first-order valence-electron chi connectivity index (χ1n) is 8.04. The fourth-order valence-electron chi connectivity index (χ4n) is 2.31. The van der Waals surface area contributed by atoms with E-state index in [1.165, 1.54) is 11.8 Å². The van der Waals surface area contributed by atoms with Crippen LogP contribution in [0.4, 0.5) is 0 Å². The van der Waals surface area contributed by atoms with E-state index < -0.39 is 0 Å². The molecule has 134 valence electrons. The molecule has 24 heavy (non-hydrogen) atoms. The van der Waals surface area contributed by atoms with E-state index in [-0.39, 0.29) is 36.0 Å². The summed E-state index contributed by atoms with van der Waals surface area (Å²) in [7, 11) is 0. The summed E-state index contributed by atoms with van der Waals surface area (Å²) in [6.45, 7) is 7.40. The van der Waals surface area contributed by atoms with E-state index in [0.717, 1.165) is 5.69 Å². The number of carbonyl (C=O) groups is 1. The molecule has 8 heteroatoms. The number of aliphatic hydroxyl groups excluding tert-OH is 1. The van der Waals surface area contributed by atoms with Gasteiger partial charge in [-0.2, -0.15) is 0 Å². The highest BCUT2D eigenvalue weighted by atomic mass is 32.2. The van der Waals surface area contributed by atoms with Crippen LogP contribution in [0.2, 0.25) is 0 Å². The summed E-state index contributed by atoms with van der Waals surface area (Å²) in [5.74, 6) is 0.247. The van der Waals surface area contributed by atoms with Crippen molar-refractivity contribution in [3.8, 4) is 0 Å². The topological polar surface area (TPSA) is 93.5 Å². The van der Waals surface area contributed by atoms with Crippen LogP contribution in [0, 0.1) is 5.92 Å². The number of nitrogens with zero attached hydrogens (tertiary/aromatic N) is 2. The second-order valence-corrected chi connectivity index (χ2v) is 7.74. The Hall–Kier alpha value is -1.38. The molecule has 1 amide bonds. The second kappa shape index (κ2) is 8.13. The highest BCUT2D eigenvalue weighted by Gasteiger charge is 2.28. The third-order valence-electron chi connectivity index (χ3n) is 3.71. The highest BCUT2D eigenvalue weighted by molar-refractivity contribution is 7.99. The third-order valence-corrected chi connectivity index (χ3v) is 4.85. The zero-order valence-electron chi connectivity index (χ0n) is 14.4. The average Bonchev–Trinajstić information content (AvgIpc) is 2.53. The summed E-state index contributed by atoms with van der Waals surface area (Å²) in [5.41, 5.74) is 0.481. The quantitative estimate of drug-likeness (QED) is 0.566. The number of aromatic nitrogens is 2. The number of ether oxygens (including phenoxy) is 1. The minimum Gasteiger partial charge on any atom is -0.394 e. The van der Waals surface area contributed by atoms with Crippen LogP contribution in [-0.2, 0) is 21.5 Å². The monoisotopic (exact) mass is 355 g/mol. The molecule has 7 nitrogen and oxygen atoms in total. The lowest BCUT2D eigenvalue weighted by Gasteiger charge is -2.26. The highest BCUT2D eigenvalue weighted by Crippen LogP contribution is 2.27. The summed E-state index contributed by atoms with van der Waals surface area (Å²) < 4.78 is 6.69. The van der Waals surface area contributed by atoms with Gasteiger partial charge in [0.1, 0.15) is 0 Å². The number of rotatable bonds is 6. The molecule has 0 saturated carbocycles. The summed E-state index contributed by atoms with van der Waals surface area (Å²) in [6.07, 6.45) is 0. The van der Waals surface area contributed by atoms with Crippen molar-refractivity contribution in [3.05, 3.63) is 22.1 Å². The molecule has 2 rings (SSSR count). The Morgan fingerprint density at radius 1 is 1.50 bits per heavy atom. The van der Waals surface area contributed by atoms with Gasteiger partial charge in [-0.1, -0.05) is 32.5 Å². The Balaban J connectivity index is 1.99. The molecule has 0 bridgehead atoms. The number of hydrogen-bond donors (Lipinski definition) is 2. The van der Waals surface area contributed by atoms with Gasteiger partial charge in [0.2, 0.25) is 5.91 Å². The van der Waals surface area contributed by atoms with Crippen molar-refractivity contribution in [2.24, 2.45) is 5.92 Å². The number of nitrogens with one attached hydrogen (secondary N) is 1. The summed E-state index contributed by atoms with van der Waals surface area (Å²) >= 11 is 1.44. The first kappa shape index (κ1) is 19.0. The molecule has 0 fully saturated rings. The molecule has 0 saturated heterocycles. The fourth-order valence-corrected chi connectivity index (χ4v) is 3.40. The maximum atomic E-state index is 12.4. The number of hydrogen-bond acceptors (Lipinski definition) is 6. The first-order chi connectivity index (χ1) is 11.3. The molecule has 1 aliphatic heterocycles. The minimum atomic E-state index is -0.264. The molecule has 1 atom stereocenters. The van der Waals surface area contributed by atoms with Crippen LogP contribution in [0.5, 0.6) is 0 Å². The van der Waals surface area contributed by atoms with Crippen LogP contribution >= 0.6 is 11.8 Å². The van der Waals surface area contributed by atoms with E-state index in [0.29, 0.717) is 30.6 Å². The average molecular weight is 355 g/mol. The van der Waals surface area contributed by atoms with Crippen molar-refractivity contribution in [3.63, 3.8) is 0 Å². The predicted octanol–water partition coefficient (Wildman–Crippen LogP) is 0.388. The Labute approximate surface area is 145 Å². The van der Waals surface area contributed by atoms with E-state index in [4.69, 9.17) is 9.84 Å². The first-order valence-corrected chi connectivity index (χ1v) is 9.03. The molecule has 0 aliphatic carbocycles. The van der Waals surface area contributed by atoms with Crippen molar-refractivity contribution in [2.75, 3.05) is 32.1 Å². The number of fused-ring (bicyclic) bond motifs is 1. The molecule has 1 aromatic heterocycles. The van der Waals surface area contributed by atoms with E-state index >= 15 is 0 Å². The van der Waals surface area contributed by atoms with Crippen molar-refractivity contribution in [1.29, 1.82) is 0 Å². The van der Waals surface area contributed by atoms with Crippen LogP contribution in [0.15, 0.2) is 16.0 Å². The molecule has 1 aromatic rings. The van der Waals surface area contributed by atoms with Crippen LogP contribution in [0.3, 0.4) is 0 Å². The minimum absolute atomic E-state index is 0.0313. The lowest BCUT2D eigenvalue weighted by atomic mass is 9.92. The number of amides is 1. The van der Waals surface area contributed by atoms with Gasteiger partial charge in [0.15, 0.2) is 5.16 Å². The normalized spacial score (nSPS) is 17.4. The van der Waals surface area contributed by atoms with E-state index in [1.54, 1.807) is 10.6 Å². The molecule has 1 unspecified atom stereocenters. The molecule has 0 aromatic carbocycles. The zero-order valence-corrected chi connectivity index (χ0v) is 15.2. The van der Waals surface area contributed by atoms with Crippen LogP contribution in [0.1, 0.15) is 26.5 Å².